The third-order valence-corrected chi connectivity index (χ3v) is 7.29. The normalized spacial score (nSPS) is 11.5. The van der Waals surface area contributed by atoms with Crippen molar-refractivity contribution in [3.8, 4) is 11.5 Å². The number of hydrogen-bond acceptors (Lipinski definition) is 5. The smallest absolute Gasteiger partial charge is 0.146 e. The number of rotatable bonds is 6. The fourth-order valence-corrected chi connectivity index (χ4v) is 5.39. The van der Waals surface area contributed by atoms with Crippen LogP contribution in [0, 0.1) is 0 Å². The van der Waals surface area contributed by atoms with Crippen LogP contribution in [0.1, 0.15) is 36.5 Å². The second-order valence-corrected chi connectivity index (χ2v) is 9.40. The quantitative estimate of drug-likeness (QED) is 0.228. The molecule has 5 aromatic rings. The Bertz CT molecular complexity index is 1480. The first-order valence-electron chi connectivity index (χ1n) is 11.8. The van der Waals surface area contributed by atoms with Crippen molar-refractivity contribution >= 4 is 50.7 Å². The largest absolute Gasteiger partial charge is 0.505 e. The molecule has 0 fully saturated rings. The number of aromatic hydroxyl groups is 2. The Labute approximate surface area is 219 Å². The number of aromatic nitrogens is 2. The molecule has 0 amide bonds. The molecule has 36 heavy (non-hydrogen) atoms. The molecule has 2 heterocycles. The Kier molecular flexibility index (Phi) is 6.61. The molecule has 0 bridgehead atoms. The topological polar surface area (TPSA) is 69.5 Å². The summed E-state index contributed by atoms with van der Waals surface area (Å²) in [5, 5.41) is 25.0. The maximum absolute atomic E-state index is 11.4. The van der Waals surface area contributed by atoms with Crippen molar-refractivity contribution in [3.63, 3.8) is 0 Å². The minimum Gasteiger partial charge on any atom is -0.505 e. The van der Waals surface area contributed by atoms with Gasteiger partial charge in [0.05, 0.1) is 10.0 Å². The first kappa shape index (κ1) is 24.2. The molecule has 0 spiro atoms. The number of pyridine rings is 2. The molecule has 182 valence electrons. The molecular weight excluding hydrogens is 493 g/mol. The summed E-state index contributed by atoms with van der Waals surface area (Å²) in [4.78, 5) is 11.0. The predicted molar refractivity (Wildman–Crippen MR) is 148 cm³/mol. The lowest BCUT2D eigenvalue weighted by Gasteiger charge is -2.25. The molecule has 0 radical (unpaired) electrons. The molecule has 0 saturated heterocycles. The zero-order chi connectivity index (χ0) is 25.4. The zero-order valence-electron chi connectivity index (χ0n) is 19.9. The minimum atomic E-state index is -0.580. The van der Waals surface area contributed by atoms with E-state index in [1.54, 1.807) is 36.7 Å². The number of halogens is 2. The van der Waals surface area contributed by atoms with E-state index < -0.39 is 5.92 Å². The van der Waals surface area contributed by atoms with E-state index in [0.29, 0.717) is 43.0 Å². The number of phenols is 2. The molecule has 0 saturated carbocycles. The highest BCUT2D eigenvalue weighted by atomic mass is 35.5. The average Bonchev–Trinajstić information content (AvgIpc) is 2.91. The summed E-state index contributed by atoms with van der Waals surface area (Å²) >= 11 is 13.3. The third kappa shape index (κ3) is 4.08. The lowest BCUT2D eigenvalue weighted by Crippen LogP contribution is -2.21. The highest BCUT2D eigenvalue weighted by molar-refractivity contribution is 6.36. The van der Waals surface area contributed by atoms with E-state index in [2.05, 4.69) is 28.7 Å². The summed E-state index contributed by atoms with van der Waals surface area (Å²) in [6.45, 7) is 6.01. The van der Waals surface area contributed by atoms with Crippen molar-refractivity contribution in [2.45, 2.75) is 19.8 Å². The molecule has 5 rings (SSSR count). The second-order valence-electron chi connectivity index (χ2n) is 8.59. The van der Waals surface area contributed by atoms with Gasteiger partial charge in [0.2, 0.25) is 0 Å². The summed E-state index contributed by atoms with van der Waals surface area (Å²) in [6, 6.07) is 18.8. The van der Waals surface area contributed by atoms with Crippen LogP contribution in [-0.4, -0.2) is 33.3 Å². The number of anilines is 1. The average molecular weight is 518 g/mol. The van der Waals surface area contributed by atoms with Crippen molar-refractivity contribution in [2.24, 2.45) is 0 Å². The van der Waals surface area contributed by atoms with Gasteiger partial charge in [-0.1, -0.05) is 35.3 Å². The van der Waals surface area contributed by atoms with Gasteiger partial charge in [-0.15, -0.1) is 0 Å². The molecule has 0 aliphatic carbocycles. The summed E-state index contributed by atoms with van der Waals surface area (Å²) < 4.78 is 0. The van der Waals surface area contributed by atoms with Gasteiger partial charge in [-0.3, -0.25) is 9.97 Å². The van der Waals surface area contributed by atoms with Crippen LogP contribution in [0.25, 0.3) is 21.8 Å². The van der Waals surface area contributed by atoms with Crippen LogP contribution in [0.4, 0.5) is 5.69 Å². The molecule has 0 aliphatic heterocycles. The van der Waals surface area contributed by atoms with Crippen LogP contribution in [-0.2, 0) is 0 Å². The zero-order valence-corrected chi connectivity index (χ0v) is 21.4. The van der Waals surface area contributed by atoms with Crippen molar-refractivity contribution in [1.29, 1.82) is 0 Å². The van der Waals surface area contributed by atoms with Gasteiger partial charge in [0.25, 0.3) is 0 Å². The van der Waals surface area contributed by atoms with Crippen LogP contribution >= 0.6 is 23.2 Å². The van der Waals surface area contributed by atoms with E-state index in [1.165, 1.54) is 0 Å². The lowest BCUT2D eigenvalue weighted by molar-refractivity contribution is 0.464. The number of hydrogen-bond donors (Lipinski definition) is 2. The van der Waals surface area contributed by atoms with Crippen LogP contribution in [0.3, 0.4) is 0 Å². The molecule has 2 N–H and O–H groups in total. The van der Waals surface area contributed by atoms with Gasteiger partial charge in [-0.25, -0.2) is 0 Å². The molecule has 7 heteroatoms. The Morgan fingerprint density at radius 1 is 0.750 bits per heavy atom. The number of nitrogens with zero attached hydrogens (tertiary/aromatic N) is 3. The van der Waals surface area contributed by atoms with E-state index >= 15 is 0 Å². The van der Waals surface area contributed by atoms with Crippen LogP contribution in [0.5, 0.6) is 11.5 Å². The molecule has 2 aromatic heterocycles. The summed E-state index contributed by atoms with van der Waals surface area (Å²) in [7, 11) is 0. The number of phenolic OH excluding ortho intramolecular Hbond substituents is 2. The second kappa shape index (κ2) is 9.84. The van der Waals surface area contributed by atoms with Crippen molar-refractivity contribution in [3.05, 3.63) is 99.8 Å². The summed E-state index contributed by atoms with van der Waals surface area (Å²) in [6.07, 6.45) is 3.23. The van der Waals surface area contributed by atoms with Crippen LogP contribution in [0.15, 0.2) is 73.1 Å². The third-order valence-electron chi connectivity index (χ3n) is 6.67. The predicted octanol–water partition coefficient (Wildman–Crippen LogP) is 7.53. The highest BCUT2D eigenvalue weighted by Crippen LogP contribution is 2.47. The van der Waals surface area contributed by atoms with Gasteiger partial charge in [-0.05, 0) is 67.9 Å². The fraction of sp³-hybridized carbons (Fsp3) is 0.172. The van der Waals surface area contributed by atoms with Gasteiger partial charge in [0, 0.05) is 59.0 Å². The van der Waals surface area contributed by atoms with Crippen molar-refractivity contribution < 1.29 is 10.2 Å². The van der Waals surface area contributed by atoms with E-state index in [9.17, 15) is 10.2 Å². The number of fused-ring (bicyclic) bond motifs is 2. The standard InChI is InChI=1S/C29H25Cl2N3O2/c1-3-34(4-2)18-11-9-17(10-12-18)25(21-15-23(30)19-7-5-13-32-26(19)28(21)35)22-16-24(31)20-8-6-14-33-27(20)29(22)36/h5-16,25,35-36H,3-4H2,1-2H3. The highest BCUT2D eigenvalue weighted by Gasteiger charge is 2.27. The van der Waals surface area contributed by atoms with E-state index in [4.69, 9.17) is 23.2 Å². The SMILES string of the molecule is CCN(CC)c1ccc(C(c2cc(Cl)c3cccnc3c2O)c2cc(Cl)c3cccnc3c2O)cc1. The Morgan fingerprint density at radius 3 is 1.67 bits per heavy atom. The van der Waals surface area contributed by atoms with Crippen molar-refractivity contribution in [1.82, 2.24) is 9.97 Å². The number of benzene rings is 3. The molecule has 3 aromatic carbocycles. The van der Waals surface area contributed by atoms with E-state index in [-0.39, 0.29) is 11.5 Å². The summed E-state index contributed by atoms with van der Waals surface area (Å²) in [5.74, 6) is -0.572. The van der Waals surface area contributed by atoms with Gasteiger partial charge < -0.3 is 15.1 Å². The fourth-order valence-electron chi connectivity index (χ4n) is 4.85. The first-order chi connectivity index (χ1) is 17.4. The van der Waals surface area contributed by atoms with Gasteiger partial charge in [-0.2, -0.15) is 0 Å². The van der Waals surface area contributed by atoms with Crippen molar-refractivity contribution in [2.75, 3.05) is 18.0 Å². The maximum atomic E-state index is 11.4. The van der Waals surface area contributed by atoms with Crippen LogP contribution < -0.4 is 4.90 Å². The van der Waals surface area contributed by atoms with Crippen LogP contribution in [0.2, 0.25) is 10.0 Å². The molecule has 0 unspecified atom stereocenters. The molecular formula is C29H25Cl2N3O2. The lowest BCUT2D eigenvalue weighted by atomic mass is 9.83. The Morgan fingerprint density at radius 2 is 1.22 bits per heavy atom. The molecule has 0 aliphatic rings. The minimum absolute atomic E-state index is 0.00413. The van der Waals surface area contributed by atoms with Gasteiger partial charge in [0.1, 0.15) is 22.5 Å². The Hall–Kier alpha value is -3.54. The maximum Gasteiger partial charge on any atom is 0.146 e. The first-order valence-corrected chi connectivity index (χ1v) is 12.6. The molecule has 0 atom stereocenters. The monoisotopic (exact) mass is 517 g/mol. The van der Waals surface area contributed by atoms with Gasteiger partial charge >= 0.3 is 0 Å². The van der Waals surface area contributed by atoms with E-state index in [1.807, 2.05) is 36.4 Å². The van der Waals surface area contributed by atoms with E-state index in [0.717, 1.165) is 24.3 Å². The van der Waals surface area contributed by atoms with Gasteiger partial charge in [0.15, 0.2) is 0 Å². The summed E-state index contributed by atoms with van der Waals surface area (Å²) in [5.41, 5.74) is 3.77. The Balaban J connectivity index is 1.79. The molecule has 5 nitrogen and oxygen atoms in total.